The summed E-state index contributed by atoms with van der Waals surface area (Å²) in [7, 11) is 3.69. The molecule has 0 bridgehead atoms. The first kappa shape index (κ1) is 6.93. The van der Waals surface area contributed by atoms with Crippen molar-refractivity contribution in [3.05, 3.63) is 11.5 Å². The minimum Gasteiger partial charge on any atom is -0.0854 e. The van der Waals surface area contributed by atoms with Crippen LogP contribution in [0.5, 0.6) is 0 Å². The van der Waals surface area contributed by atoms with Crippen molar-refractivity contribution >= 4 is 21.6 Å². The molecule has 0 aromatic rings. The van der Waals surface area contributed by atoms with Gasteiger partial charge in [0.1, 0.15) is 0 Å². The zero-order valence-corrected chi connectivity index (χ0v) is 5.62. The molecule has 0 saturated heterocycles. The maximum absolute atomic E-state index is 2.16. The molecule has 1 aliphatic heterocycles. The maximum atomic E-state index is 2.16. The van der Waals surface area contributed by atoms with E-state index in [1.807, 2.05) is 21.6 Å². The Morgan fingerprint density at radius 1 is 1.50 bits per heavy atom. The molecule has 3 heteroatoms. The van der Waals surface area contributed by atoms with E-state index in [4.69, 9.17) is 0 Å². The fourth-order valence-electron chi connectivity index (χ4n) is 0.196. The minimum absolute atomic E-state index is 0. The second-order valence-electron chi connectivity index (χ2n) is 0.753. The van der Waals surface area contributed by atoms with Crippen LogP contribution in [0.4, 0.5) is 0 Å². The van der Waals surface area contributed by atoms with Crippen LogP contribution in [-0.2, 0) is 16.5 Å². The smallest absolute Gasteiger partial charge is 0.0229 e. The van der Waals surface area contributed by atoms with Crippen molar-refractivity contribution in [2.45, 2.75) is 0 Å². The Morgan fingerprint density at radius 2 is 2.33 bits per heavy atom. The predicted molar refractivity (Wildman–Crippen MR) is 29.2 cm³/mol. The molecule has 38 valence electrons. The van der Waals surface area contributed by atoms with Gasteiger partial charge in [-0.1, -0.05) is 27.7 Å². The third-order valence-corrected chi connectivity index (χ3v) is 2.30. The van der Waals surface area contributed by atoms with Gasteiger partial charge >= 0.3 is 0 Å². The topological polar surface area (TPSA) is 0 Å². The predicted octanol–water partition coefficient (Wildman–Crippen LogP) is 1.89. The zero-order chi connectivity index (χ0) is 3.54. The van der Waals surface area contributed by atoms with Crippen molar-refractivity contribution in [3.63, 3.8) is 0 Å². The van der Waals surface area contributed by atoms with Gasteiger partial charge in [0, 0.05) is 22.2 Å². The minimum atomic E-state index is 0. The van der Waals surface area contributed by atoms with E-state index in [2.05, 4.69) is 11.5 Å². The molecule has 1 rings (SSSR count). The molecule has 0 aromatic carbocycles. The summed E-state index contributed by atoms with van der Waals surface area (Å²) >= 11 is 0. The van der Waals surface area contributed by atoms with Gasteiger partial charge < -0.3 is 0 Å². The molecule has 0 aliphatic carbocycles. The van der Waals surface area contributed by atoms with Crippen molar-refractivity contribution < 1.29 is 16.5 Å². The largest absolute Gasteiger partial charge is 0.0854 e. The van der Waals surface area contributed by atoms with Crippen LogP contribution < -0.4 is 0 Å². The molecule has 0 radical (unpaired) electrons. The van der Waals surface area contributed by atoms with Crippen LogP contribution in [0.1, 0.15) is 0 Å². The van der Waals surface area contributed by atoms with Gasteiger partial charge in [-0.25, -0.2) is 0 Å². The standard InChI is InChI=1S/C3H4S2.Ni/c1-2-4-5-3-1;/h1-2H,3H2;. The molecule has 0 unspecified atom stereocenters. The molecule has 0 N–H and O–H groups in total. The van der Waals surface area contributed by atoms with Gasteiger partial charge in [0.15, 0.2) is 0 Å². The van der Waals surface area contributed by atoms with Crippen LogP contribution in [0, 0.1) is 0 Å². The van der Waals surface area contributed by atoms with Gasteiger partial charge in [-0.2, -0.15) is 0 Å². The molecule has 0 atom stereocenters. The molecule has 0 aromatic heterocycles. The average molecular weight is 163 g/mol. The Bertz CT molecular complexity index is 46.8. The molecule has 0 amide bonds. The van der Waals surface area contributed by atoms with Crippen molar-refractivity contribution in [2.24, 2.45) is 0 Å². The molecular formula is C3H4NiS2. The van der Waals surface area contributed by atoms with E-state index < -0.39 is 0 Å². The van der Waals surface area contributed by atoms with Crippen LogP contribution in [-0.4, -0.2) is 5.75 Å². The Hall–Kier alpha value is 0.934. The van der Waals surface area contributed by atoms with Gasteiger partial charge in [-0.05, 0) is 5.41 Å². The van der Waals surface area contributed by atoms with E-state index in [1.165, 1.54) is 5.75 Å². The summed E-state index contributed by atoms with van der Waals surface area (Å²) in [5.41, 5.74) is 0. The molecule has 0 saturated carbocycles. The third-order valence-electron chi connectivity index (χ3n) is 0.384. The first-order chi connectivity index (χ1) is 2.50. The molecule has 0 nitrogen and oxygen atoms in total. The molecular weight excluding hydrogens is 159 g/mol. The SMILES string of the molecule is C1=CSSC1.[Ni]. The summed E-state index contributed by atoms with van der Waals surface area (Å²) in [6.07, 6.45) is 2.16. The number of hydrogen-bond donors (Lipinski definition) is 0. The molecule has 0 spiro atoms. The van der Waals surface area contributed by atoms with Gasteiger partial charge in [0.05, 0.1) is 0 Å². The Kier molecular flexibility index (Phi) is 4.74. The summed E-state index contributed by atoms with van der Waals surface area (Å²) in [6, 6.07) is 0. The third kappa shape index (κ3) is 2.17. The second kappa shape index (κ2) is 4.10. The molecule has 6 heavy (non-hydrogen) atoms. The van der Waals surface area contributed by atoms with Crippen LogP contribution in [0.15, 0.2) is 11.5 Å². The van der Waals surface area contributed by atoms with E-state index in [-0.39, 0.29) is 16.5 Å². The Morgan fingerprint density at radius 3 is 2.50 bits per heavy atom. The second-order valence-corrected chi connectivity index (χ2v) is 3.07. The monoisotopic (exact) mass is 162 g/mol. The summed E-state index contributed by atoms with van der Waals surface area (Å²) in [6.45, 7) is 0. The van der Waals surface area contributed by atoms with Gasteiger partial charge in [-0.15, -0.1) is 0 Å². The van der Waals surface area contributed by atoms with E-state index in [0.29, 0.717) is 0 Å². The first-order valence-electron chi connectivity index (χ1n) is 1.43. The van der Waals surface area contributed by atoms with E-state index in [1.54, 1.807) is 0 Å². The molecule has 1 aliphatic rings. The average Bonchev–Trinajstić information content (AvgIpc) is 1.76. The number of rotatable bonds is 0. The van der Waals surface area contributed by atoms with Crippen molar-refractivity contribution in [3.8, 4) is 0 Å². The zero-order valence-electron chi connectivity index (χ0n) is 2.99. The molecule has 1 heterocycles. The summed E-state index contributed by atoms with van der Waals surface area (Å²) < 4.78 is 0. The van der Waals surface area contributed by atoms with Gasteiger partial charge in [-0.3, -0.25) is 0 Å². The van der Waals surface area contributed by atoms with Crippen LogP contribution in [0.25, 0.3) is 0 Å². The van der Waals surface area contributed by atoms with Gasteiger partial charge in [0.2, 0.25) is 0 Å². The summed E-state index contributed by atoms with van der Waals surface area (Å²) in [5, 5.41) is 2.12. The normalized spacial score (nSPS) is 17.3. The summed E-state index contributed by atoms with van der Waals surface area (Å²) in [5.74, 6) is 1.20. The van der Waals surface area contributed by atoms with E-state index in [0.717, 1.165) is 0 Å². The fraction of sp³-hybridized carbons (Fsp3) is 0.333. The Labute approximate surface area is 55.5 Å². The quantitative estimate of drug-likeness (QED) is 0.395. The first-order valence-corrected chi connectivity index (χ1v) is 3.81. The number of hydrogen-bond acceptors (Lipinski definition) is 2. The van der Waals surface area contributed by atoms with Crippen molar-refractivity contribution in [2.75, 3.05) is 5.75 Å². The van der Waals surface area contributed by atoms with E-state index >= 15 is 0 Å². The van der Waals surface area contributed by atoms with Gasteiger partial charge in [0.25, 0.3) is 0 Å². The van der Waals surface area contributed by atoms with Crippen LogP contribution in [0.2, 0.25) is 0 Å². The Balaban J connectivity index is 0.000000250. The van der Waals surface area contributed by atoms with Crippen LogP contribution >= 0.6 is 21.6 Å². The van der Waals surface area contributed by atoms with Crippen LogP contribution in [0.3, 0.4) is 0 Å². The van der Waals surface area contributed by atoms with E-state index in [9.17, 15) is 0 Å². The molecule has 0 fully saturated rings. The van der Waals surface area contributed by atoms with Crippen molar-refractivity contribution in [1.82, 2.24) is 0 Å². The van der Waals surface area contributed by atoms with Crippen molar-refractivity contribution in [1.29, 1.82) is 0 Å². The summed E-state index contributed by atoms with van der Waals surface area (Å²) in [4.78, 5) is 0. The maximum Gasteiger partial charge on any atom is 0.0229 e. The fourth-order valence-corrected chi connectivity index (χ4v) is 1.77.